The lowest BCUT2D eigenvalue weighted by Gasteiger charge is -2.26. The number of rotatable bonds is 9. The minimum absolute atomic E-state index is 0.0711. The van der Waals surface area contributed by atoms with E-state index in [4.69, 9.17) is 14.2 Å². The molecule has 0 aromatic heterocycles. The zero-order chi connectivity index (χ0) is 19.7. The second-order valence-electron chi connectivity index (χ2n) is 5.71. The molecular formula is C17H24N2O7S. The van der Waals surface area contributed by atoms with Crippen molar-refractivity contribution in [1.82, 2.24) is 9.62 Å². The molecule has 10 heteroatoms. The van der Waals surface area contributed by atoms with E-state index in [1.54, 1.807) is 17.0 Å². The lowest BCUT2D eigenvalue weighted by atomic mass is 10.3. The van der Waals surface area contributed by atoms with E-state index in [0.29, 0.717) is 38.7 Å². The van der Waals surface area contributed by atoms with E-state index in [1.807, 2.05) is 6.92 Å². The lowest BCUT2D eigenvalue weighted by Crippen LogP contribution is -2.42. The predicted molar refractivity (Wildman–Crippen MR) is 95.8 cm³/mol. The van der Waals surface area contributed by atoms with Crippen LogP contribution in [0.15, 0.2) is 29.2 Å². The monoisotopic (exact) mass is 400 g/mol. The first-order valence-electron chi connectivity index (χ1n) is 8.66. The van der Waals surface area contributed by atoms with Crippen LogP contribution in [-0.2, 0) is 29.1 Å². The summed E-state index contributed by atoms with van der Waals surface area (Å²) in [6, 6.07) is 5.96. The summed E-state index contributed by atoms with van der Waals surface area (Å²) in [6.45, 7) is 3.71. The summed E-state index contributed by atoms with van der Waals surface area (Å²) in [7, 11) is -3.74. The van der Waals surface area contributed by atoms with Crippen LogP contribution in [0.1, 0.15) is 13.3 Å². The summed E-state index contributed by atoms with van der Waals surface area (Å²) in [5.41, 5.74) is 0. The van der Waals surface area contributed by atoms with Crippen molar-refractivity contribution >= 4 is 21.9 Å². The molecule has 0 bridgehead atoms. The number of carbonyl (C=O) groups is 2. The Balaban J connectivity index is 1.72. The summed E-state index contributed by atoms with van der Waals surface area (Å²) in [4.78, 5) is 25.2. The molecule has 150 valence electrons. The molecule has 1 amide bonds. The number of esters is 1. The van der Waals surface area contributed by atoms with Gasteiger partial charge in [-0.15, -0.1) is 0 Å². The van der Waals surface area contributed by atoms with E-state index in [1.165, 1.54) is 12.1 Å². The molecule has 1 fully saturated rings. The maximum absolute atomic E-state index is 12.2. The molecular weight excluding hydrogens is 376 g/mol. The Bertz CT molecular complexity index is 728. The minimum Gasteiger partial charge on any atom is -0.494 e. The molecule has 1 N–H and O–H groups in total. The highest BCUT2D eigenvalue weighted by Gasteiger charge is 2.19. The lowest BCUT2D eigenvalue weighted by molar-refractivity contribution is -0.153. The number of ether oxygens (including phenoxy) is 3. The number of sulfonamides is 1. The Labute approximate surface area is 158 Å². The van der Waals surface area contributed by atoms with Gasteiger partial charge in [-0.05, 0) is 31.2 Å². The van der Waals surface area contributed by atoms with E-state index in [0.717, 1.165) is 0 Å². The zero-order valence-corrected chi connectivity index (χ0v) is 16.0. The molecule has 1 aromatic rings. The molecule has 0 atom stereocenters. The average Bonchev–Trinajstić information content (AvgIpc) is 2.67. The molecule has 2 rings (SSSR count). The van der Waals surface area contributed by atoms with E-state index in [9.17, 15) is 18.0 Å². The molecule has 1 aromatic carbocycles. The topological polar surface area (TPSA) is 111 Å². The summed E-state index contributed by atoms with van der Waals surface area (Å²) >= 11 is 0. The van der Waals surface area contributed by atoms with Crippen LogP contribution in [0.3, 0.4) is 0 Å². The normalized spacial score (nSPS) is 14.6. The Hall–Kier alpha value is -2.17. The fourth-order valence-electron chi connectivity index (χ4n) is 2.37. The van der Waals surface area contributed by atoms with Gasteiger partial charge in [-0.2, -0.15) is 0 Å². The molecule has 27 heavy (non-hydrogen) atoms. The van der Waals surface area contributed by atoms with Crippen molar-refractivity contribution in [2.24, 2.45) is 0 Å². The van der Waals surface area contributed by atoms with Crippen LogP contribution in [0.5, 0.6) is 5.75 Å². The second kappa shape index (κ2) is 10.2. The van der Waals surface area contributed by atoms with Crippen LogP contribution in [0, 0.1) is 0 Å². The third-order valence-corrected chi connectivity index (χ3v) is 5.26. The number of amides is 1. The molecule has 0 radical (unpaired) electrons. The van der Waals surface area contributed by atoms with Gasteiger partial charge in [0.1, 0.15) is 5.75 Å². The summed E-state index contributed by atoms with van der Waals surface area (Å²) in [6.07, 6.45) is -0.174. The molecule has 9 nitrogen and oxygen atoms in total. The van der Waals surface area contributed by atoms with Crippen LogP contribution < -0.4 is 9.46 Å². The SMILES string of the molecule is CCOc1ccc(S(=O)(=O)NCCC(=O)OCC(=O)N2CCOCC2)cc1. The van der Waals surface area contributed by atoms with Gasteiger partial charge in [-0.3, -0.25) is 9.59 Å². The highest BCUT2D eigenvalue weighted by Crippen LogP contribution is 2.15. The van der Waals surface area contributed by atoms with Crippen molar-refractivity contribution in [2.45, 2.75) is 18.2 Å². The van der Waals surface area contributed by atoms with Gasteiger partial charge in [0.25, 0.3) is 5.91 Å². The number of benzene rings is 1. The first kappa shape index (κ1) is 21.1. The molecule has 1 aliphatic heterocycles. The smallest absolute Gasteiger partial charge is 0.307 e. The number of morpholine rings is 1. The zero-order valence-electron chi connectivity index (χ0n) is 15.2. The van der Waals surface area contributed by atoms with Gasteiger partial charge in [0, 0.05) is 19.6 Å². The van der Waals surface area contributed by atoms with Gasteiger partial charge in [0.15, 0.2) is 6.61 Å². The highest BCUT2D eigenvalue weighted by molar-refractivity contribution is 7.89. The molecule has 0 saturated carbocycles. The summed E-state index contributed by atoms with van der Waals surface area (Å²) in [5, 5.41) is 0. The highest BCUT2D eigenvalue weighted by atomic mass is 32.2. The predicted octanol–water partition coefficient (Wildman–Crippen LogP) is 0.156. The van der Waals surface area contributed by atoms with E-state index < -0.39 is 16.0 Å². The van der Waals surface area contributed by atoms with Crippen molar-refractivity contribution in [2.75, 3.05) is 46.1 Å². The third-order valence-electron chi connectivity index (χ3n) is 3.79. The first-order valence-corrected chi connectivity index (χ1v) is 10.1. The van der Waals surface area contributed by atoms with Gasteiger partial charge in [0.2, 0.25) is 10.0 Å². The summed E-state index contributed by atoms with van der Waals surface area (Å²) in [5.74, 6) is -0.363. The van der Waals surface area contributed by atoms with Crippen LogP contribution in [0.4, 0.5) is 0 Å². The first-order chi connectivity index (χ1) is 12.9. The Morgan fingerprint density at radius 2 is 1.85 bits per heavy atom. The maximum Gasteiger partial charge on any atom is 0.307 e. The number of hydrogen-bond acceptors (Lipinski definition) is 7. The fourth-order valence-corrected chi connectivity index (χ4v) is 3.40. The Kier molecular flexibility index (Phi) is 8.01. The van der Waals surface area contributed by atoms with Gasteiger partial charge in [-0.1, -0.05) is 0 Å². The van der Waals surface area contributed by atoms with E-state index >= 15 is 0 Å². The molecule has 1 aliphatic rings. The van der Waals surface area contributed by atoms with Crippen molar-refractivity contribution in [3.05, 3.63) is 24.3 Å². The quantitative estimate of drug-likeness (QED) is 0.588. The average molecular weight is 400 g/mol. The van der Waals surface area contributed by atoms with E-state index in [-0.39, 0.29) is 30.4 Å². The number of nitrogens with one attached hydrogen (secondary N) is 1. The van der Waals surface area contributed by atoms with Crippen molar-refractivity contribution in [3.63, 3.8) is 0 Å². The molecule has 1 saturated heterocycles. The van der Waals surface area contributed by atoms with Crippen molar-refractivity contribution < 1.29 is 32.2 Å². The molecule has 1 heterocycles. The van der Waals surface area contributed by atoms with E-state index in [2.05, 4.69) is 4.72 Å². The third kappa shape index (κ3) is 6.81. The van der Waals surface area contributed by atoms with Crippen LogP contribution in [-0.4, -0.2) is 71.3 Å². The van der Waals surface area contributed by atoms with Gasteiger partial charge < -0.3 is 19.1 Å². The molecule has 0 spiro atoms. The summed E-state index contributed by atoms with van der Waals surface area (Å²) < 4.78 is 42.0. The number of nitrogens with zero attached hydrogens (tertiary/aromatic N) is 1. The van der Waals surface area contributed by atoms with Gasteiger partial charge >= 0.3 is 5.97 Å². The Morgan fingerprint density at radius 1 is 1.19 bits per heavy atom. The van der Waals surface area contributed by atoms with Gasteiger partial charge in [-0.25, -0.2) is 13.1 Å². The van der Waals surface area contributed by atoms with Crippen molar-refractivity contribution in [1.29, 1.82) is 0 Å². The van der Waals surface area contributed by atoms with Crippen molar-refractivity contribution in [3.8, 4) is 5.75 Å². The molecule has 0 aliphatic carbocycles. The molecule has 0 unspecified atom stereocenters. The Morgan fingerprint density at radius 3 is 2.48 bits per heavy atom. The standard InChI is InChI=1S/C17H24N2O7S/c1-2-25-14-3-5-15(6-4-14)27(22,23)18-8-7-17(21)26-13-16(20)19-9-11-24-12-10-19/h3-6,18H,2,7-13H2,1H3. The fraction of sp³-hybridized carbons (Fsp3) is 0.529. The number of carbonyl (C=O) groups excluding carboxylic acids is 2. The van der Waals surface area contributed by atoms with Crippen LogP contribution >= 0.6 is 0 Å². The number of hydrogen-bond donors (Lipinski definition) is 1. The van der Waals surface area contributed by atoms with Crippen LogP contribution in [0.25, 0.3) is 0 Å². The maximum atomic E-state index is 12.2. The minimum atomic E-state index is -3.74. The van der Waals surface area contributed by atoms with Crippen LogP contribution in [0.2, 0.25) is 0 Å². The largest absolute Gasteiger partial charge is 0.494 e. The second-order valence-corrected chi connectivity index (χ2v) is 7.47. The van der Waals surface area contributed by atoms with Gasteiger partial charge in [0.05, 0.1) is 31.1 Å².